The van der Waals surface area contributed by atoms with Crippen LogP contribution in [0.2, 0.25) is 0 Å². The monoisotopic (exact) mass is 340 g/mol. The third-order valence-electron chi connectivity index (χ3n) is 4.32. The van der Waals surface area contributed by atoms with Crippen molar-refractivity contribution < 1.29 is 14.3 Å². The summed E-state index contributed by atoms with van der Waals surface area (Å²) in [4.78, 5) is 15.0. The van der Waals surface area contributed by atoms with Crippen LogP contribution in [0.4, 0.5) is 11.4 Å². The van der Waals surface area contributed by atoms with E-state index in [2.05, 4.69) is 16.3 Å². The fraction of sp³-hybridized carbons (Fsp3) is 0.350. The molecule has 0 bridgehead atoms. The molecule has 0 spiro atoms. The molecular formula is C20H24N2O3. The Morgan fingerprint density at radius 1 is 1.12 bits per heavy atom. The molecule has 1 fully saturated rings. The number of rotatable bonds is 6. The Morgan fingerprint density at radius 3 is 2.60 bits per heavy atom. The Hall–Kier alpha value is -2.69. The van der Waals surface area contributed by atoms with E-state index in [1.54, 1.807) is 25.3 Å². The molecule has 5 heteroatoms. The number of anilines is 2. The first-order chi connectivity index (χ1) is 12.2. The van der Waals surface area contributed by atoms with Gasteiger partial charge >= 0.3 is 0 Å². The van der Waals surface area contributed by atoms with E-state index in [9.17, 15) is 4.79 Å². The van der Waals surface area contributed by atoms with Gasteiger partial charge in [-0.15, -0.1) is 0 Å². The van der Waals surface area contributed by atoms with Gasteiger partial charge in [0, 0.05) is 18.7 Å². The minimum Gasteiger partial charge on any atom is -0.493 e. The summed E-state index contributed by atoms with van der Waals surface area (Å²) in [5.41, 5.74) is 2.45. The summed E-state index contributed by atoms with van der Waals surface area (Å²) in [6.07, 6.45) is 2.39. The highest BCUT2D eigenvalue weighted by Gasteiger charge is 2.17. The number of nitrogens with zero attached hydrogens (tertiary/aromatic N) is 1. The molecule has 1 N–H and O–H groups in total. The molecule has 1 aliphatic rings. The van der Waals surface area contributed by atoms with Crippen LogP contribution in [0.15, 0.2) is 42.5 Å². The Balaban J connectivity index is 1.82. The van der Waals surface area contributed by atoms with Crippen molar-refractivity contribution >= 4 is 17.3 Å². The van der Waals surface area contributed by atoms with Crippen LogP contribution < -0.4 is 19.7 Å². The number of hydrogen-bond acceptors (Lipinski definition) is 4. The maximum atomic E-state index is 12.7. The molecule has 2 aromatic rings. The summed E-state index contributed by atoms with van der Waals surface area (Å²) in [6.45, 7) is 4.48. The predicted molar refractivity (Wildman–Crippen MR) is 100 cm³/mol. The van der Waals surface area contributed by atoms with Gasteiger partial charge < -0.3 is 19.7 Å². The highest BCUT2D eigenvalue weighted by molar-refractivity contribution is 6.06. The van der Waals surface area contributed by atoms with Crippen molar-refractivity contribution in [2.45, 2.75) is 19.8 Å². The van der Waals surface area contributed by atoms with E-state index in [0.29, 0.717) is 23.7 Å². The van der Waals surface area contributed by atoms with Gasteiger partial charge in [0.1, 0.15) is 0 Å². The van der Waals surface area contributed by atoms with Crippen LogP contribution in [0.3, 0.4) is 0 Å². The van der Waals surface area contributed by atoms with Gasteiger partial charge in [-0.2, -0.15) is 0 Å². The lowest BCUT2D eigenvalue weighted by atomic mass is 10.1. The number of carbonyl (C=O) groups excluding carboxylic acids is 1. The second kappa shape index (κ2) is 7.92. The highest BCUT2D eigenvalue weighted by Crippen LogP contribution is 2.31. The number of amides is 1. The zero-order valence-electron chi connectivity index (χ0n) is 14.7. The molecule has 1 saturated heterocycles. The quantitative estimate of drug-likeness (QED) is 0.865. The van der Waals surface area contributed by atoms with E-state index in [4.69, 9.17) is 9.47 Å². The predicted octanol–water partition coefficient (Wildman–Crippen LogP) is 3.95. The summed E-state index contributed by atoms with van der Waals surface area (Å²) in [7, 11) is 1.59. The molecule has 2 aromatic carbocycles. The van der Waals surface area contributed by atoms with Crippen LogP contribution in [-0.2, 0) is 0 Å². The lowest BCUT2D eigenvalue weighted by Gasteiger charge is -2.21. The van der Waals surface area contributed by atoms with Gasteiger partial charge in [-0.25, -0.2) is 0 Å². The molecule has 0 radical (unpaired) electrons. The van der Waals surface area contributed by atoms with Crippen LogP contribution in [-0.4, -0.2) is 32.7 Å². The molecule has 5 nitrogen and oxygen atoms in total. The molecule has 0 aromatic heterocycles. The van der Waals surface area contributed by atoms with Crippen molar-refractivity contribution in [3.63, 3.8) is 0 Å². The zero-order valence-corrected chi connectivity index (χ0v) is 14.7. The van der Waals surface area contributed by atoms with Gasteiger partial charge in [0.2, 0.25) is 0 Å². The van der Waals surface area contributed by atoms with Crippen LogP contribution >= 0.6 is 0 Å². The van der Waals surface area contributed by atoms with Gasteiger partial charge in [0.25, 0.3) is 5.91 Å². The maximum Gasteiger partial charge on any atom is 0.255 e. The lowest BCUT2D eigenvalue weighted by molar-refractivity contribution is 0.102. The van der Waals surface area contributed by atoms with Crippen LogP contribution in [0, 0.1) is 0 Å². The zero-order chi connectivity index (χ0) is 17.6. The molecule has 0 saturated carbocycles. The van der Waals surface area contributed by atoms with Gasteiger partial charge in [0.05, 0.1) is 25.1 Å². The van der Waals surface area contributed by atoms with E-state index in [0.717, 1.165) is 24.5 Å². The van der Waals surface area contributed by atoms with E-state index >= 15 is 0 Å². The van der Waals surface area contributed by atoms with Gasteiger partial charge in [-0.05, 0) is 50.1 Å². The van der Waals surface area contributed by atoms with Crippen molar-refractivity contribution in [1.82, 2.24) is 0 Å². The Morgan fingerprint density at radius 2 is 1.88 bits per heavy atom. The summed E-state index contributed by atoms with van der Waals surface area (Å²) in [6, 6.07) is 13.2. The number of hydrogen-bond donors (Lipinski definition) is 1. The summed E-state index contributed by atoms with van der Waals surface area (Å²) < 4.78 is 10.8. The molecule has 0 unspecified atom stereocenters. The van der Waals surface area contributed by atoms with Crippen molar-refractivity contribution in [2.24, 2.45) is 0 Å². The minimum atomic E-state index is -0.157. The Bertz CT molecular complexity index is 739. The summed E-state index contributed by atoms with van der Waals surface area (Å²) in [5.74, 6) is 1.04. The molecule has 132 valence electrons. The number of benzene rings is 2. The van der Waals surface area contributed by atoms with Gasteiger partial charge in [-0.1, -0.05) is 12.1 Å². The van der Waals surface area contributed by atoms with Gasteiger partial charge in [-0.3, -0.25) is 4.79 Å². The summed E-state index contributed by atoms with van der Waals surface area (Å²) in [5, 5.41) is 3.03. The topological polar surface area (TPSA) is 50.8 Å². The number of para-hydroxylation sites is 2. The second-order valence-electron chi connectivity index (χ2n) is 5.96. The number of methoxy groups -OCH3 is 1. The average Bonchev–Trinajstić information content (AvgIpc) is 3.17. The molecule has 0 aliphatic carbocycles. The van der Waals surface area contributed by atoms with Crippen molar-refractivity contribution in [1.29, 1.82) is 0 Å². The van der Waals surface area contributed by atoms with Gasteiger partial charge in [0.15, 0.2) is 11.5 Å². The van der Waals surface area contributed by atoms with Crippen molar-refractivity contribution in [3.05, 3.63) is 48.0 Å². The van der Waals surface area contributed by atoms with Crippen molar-refractivity contribution in [3.8, 4) is 11.5 Å². The van der Waals surface area contributed by atoms with E-state index in [1.807, 2.05) is 25.1 Å². The molecule has 1 aliphatic heterocycles. The van der Waals surface area contributed by atoms with Crippen LogP contribution in [0.5, 0.6) is 11.5 Å². The first-order valence-electron chi connectivity index (χ1n) is 8.69. The SMILES string of the molecule is CCOc1cc(C(=O)Nc2ccccc2N2CCCC2)ccc1OC. The van der Waals surface area contributed by atoms with Crippen molar-refractivity contribution in [2.75, 3.05) is 37.0 Å². The highest BCUT2D eigenvalue weighted by atomic mass is 16.5. The third kappa shape index (κ3) is 3.87. The molecule has 0 atom stereocenters. The largest absolute Gasteiger partial charge is 0.493 e. The summed E-state index contributed by atoms with van der Waals surface area (Å²) >= 11 is 0. The Labute approximate surface area is 148 Å². The molecule has 25 heavy (non-hydrogen) atoms. The molecule has 3 rings (SSSR count). The van der Waals surface area contributed by atoms with E-state index in [-0.39, 0.29) is 5.91 Å². The molecule has 1 heterocycles. The smallest absolute Gasteiger partial charge is 0.255 e. The maximum absolute atomic E-state index is 12.7. The average molecular weight is 340 g/mol. The second-order valence-corrected chi connectivity index (χ2v) is 5.96. The number of nitrogens with one attached hydrogen (secondary N) is 1. The van der Waals surface area contributed by atoms with E-state index < -0.39 is 0 Å². The fourth-order valence-electron chi connectivity index (χ4n) is 3.09. The minimum absolute atomic E-state index is 0.157. The third-order valence-corrected chi connectivity index (χ3v) is 4.32. The molecule has 1 amide bonds. The lowest BCUT2D eigenvalue weighted by Crippen LogP contribution is -2.21. The number of carbonyl (C=O) groups is 1. The first kappa shape index (κ1) is 17.1. The van der Waals surface area contributed by atoms with E-state index in [1.165, 1.54) is 12.8 Å². The molecular weight excluding hydrogens is 316 g/mol. The number of ether oxygens (including phenoxy) is 2. The standard InChI is InChI=1S/C20H24N2O3/c1-3-25-19-14-15(10-11-18(19)24-2)20(23)21-16-8-4-5-9-17(16)22-12-6-7-13-22/h4-5,8-11,14H,3,6-7,12-13H2,1-2H3,(H,21,23). The van der Waals surface area contributed by atoms with Crippen LogP contribution in [0.25, 0.3) is 0 Å². The Kier molecular flexibility index (Phi) is 5.43. The first-order valence-corrected chi connectivity index (χ1v) is 8.69. The van der Waals surface area contributed by atoms with Crippen LogP contribution in [0.1, 0.15) is 30.1 Å². The normalized spacial score (nSPS) is 13.6. The fourth-order valence-corrected chi connectivity index (χ4v) is 3.09.